The first-order chi connectivity index (χ1) is 9.49. The highest BCUT2D eigenvalue weighted by atomic mass is 19.1. The van der Waals surface area contributed by atoms with E-state index in [9.17, 15) is 14.3 Å². The van der Waals surface area contributed by atoms with Gasteiger partial charge < -0.3 is 5.11 Å². The van der Waals surface area contributed by atoms with Crippen LogP contribution in [0.1, 0.15) is 28.2 Å². The SMILES string of the molecule is Cc1cc(C)c(CC(C(=O)O)c2ccccc2)c(F)c1. The third-order valence-corrected chi connectivity index (χ3v) is 3.47. The normalized spacial score (nSPS) is 12.2. The number of rotatable bonds is 4. The minimum absolute atomic E-state index is 0.164. The van der Waals surface area contributed by atoms with Crippen LogP contribution in [0, 0.1) is 19.7 Å². The number of carboxylic acids is 1. The molecule has 0 aliphatic carbocycles. The van der Waals surface area contributed by atoms with Crippen molar-refractivity contribution in [2.24, 2.45) is 0 Å². The monoisotopic (exact) mass is 272 g/mol. The fraction of sp³-hybridized carbons (Fsp3) is 0.235. The summed E-state index contributed by atoms with van der Waals surface area (Å²) < 4.78 is 14.1. The lowest BCUT2D eigenvalue weighted by Gasteiger charge is -2.15. The maximum Gasteiger partial charge on any atom is 0.311 e. The van der Waals surface area contributed by atoms with E-state index in [1.165, 1.54) is 6.07 Å². The van der Waals surface area contributed by atoms with E-state index >= 15 is 0 Å². The fourth-order valence-corrected chi connectivity index (χ4v) is 2.44. The standard InChI is InChI=1S/C17H17FO2/c1-11-8-12(2)14(16(18)9-11)10-15(17(19)20)13-6-4-3-5-7-13/h3-9,15H,10H2,1-2H3,(H,19,20). The molecule has 0 aliphatic heterocycles. The third-order valence-electron chi connectivity index (χ3n) is 3.47. The summed E-state index contributed by atoms with van der Waals surface area (Å²) in [4.78, 5) is 11.5. The van der Waals surface area contributed by atoms with E-state index in [4.69, 9.17) is 0 Å². The van der Waals surface area contributed by atoms with Gasteiger partial charge in [-0.3, -0.25) is 4.79 Å². The molecule has 0 saturated heterocycles. The highest BCUT2D eigenvalue weighted by Crippen LogP contribution is 2.25. The molecule has 2 rings (SSSR count). The predicted octanol–water partition coefficient (Wildman–Crippen LogP) is 3.85. The van der Waals surface area contributed by atoms with E-state index in [1.807, 2.05) is 26.0 Å². The van der Waals surface area contributed by atoms with Gasteiger partial charge in [0.05, 0.1) is 5.92 Å². The number of carbonyl (C=O) groups is 1. The van der Waals surface area contributed by atoms with E-state index in [0.29, 0.717) is 11.1 Å². The van der Waals surface area contributed by atoms with Crippen LogP contribution in [-0.4, -0.2) is 11.1 Å². The number of carboxylic acid groups (broad SMARTS) is 1. The maximum atomic E-state index is 14.1. The van der Waals surface area contributed by atoms with Crippen molar-refractivity contribution < 1.29 is 14.3 Å². The molecule has 0 fully saturated rings. The van der Waals surface area contributed by atoms with Gasteiger partial charge in [-0.15, -0.1) is 0 Å². The molecule has 1 atom stereocenters. The van der Waals surface area contributed by atoms with Crippen LogP contribution in [0.2, 0.25) is 0 Å². The minimum Gasteiger partial charge on any atom is -0.481 e. The Morgan fingerprint density at radius 3 is 2.40 bits per heavy atom. The summed E-state index contributed by atoms with van der Waals surface area (Å²) in [6.45, 7) is 3.64. The lowest BCUT2D eigenvalue weighted by atomic mass is 9.89. The van der Waals surface area contributed by atoms with Crippen molar-refractivity contribution in [2.45, 2.75) is 26.2 Å². The largest absolute Gasteiger partial charge is 0.481 e. The maximum absolute atomic E-state index is 14.1. The van der Waals surface area contributed by atoms with Crippen LogP contribution in [0.3, 0.4) is 0 Å². The number of aliphatic carboxylic acids is 1. The Kier molecular flexibility index (Phi) is 4.18. The van der Waals surface area contributed by atoms with Crippen LogP contribution in [-0.2, 0) is 11.2 Å². The average molecular weight is 272 g/mol. The van der Waals surface area contributed by atoms with Gasteiger partial charge in [0, 0.05) is 0 Å². The number of hydrogen-bond donors (Lipinski definition) is 1. The molecule has 0 spiro atoms. The molecule has 0 amide bonds. The molecular formula is C17H17FO2. The van der Waals surface area contributed by atoms with Crippen molar-refractivity contribution in [3.05, 3.63) is 70.5 Å². The van der Waals surface area contributed by atoms with Crippen molar-refractivity contribution in [2.75, 3.05) is 0 Å². The van der Waals surface area contributed by atoms with Crippen LogP contribution in [0.25, 0.3) is 0 Å². The van der Waals surface area contributed by atoms with Gasteiger partial charge >= 0.3 is 5.97 Å². The molecule has 2 aromatic carbocycles. The summed E-state index contributed by atoms with van der Waals surface area (Å²) in [6.07, 6.45) is 0.164. The van der Waals surface area contributed by atoms with E-state index < -0.39 is 11.9 Å². The summed E-state index contributed by atoms with van der Waals surface area (Å²) in [5, 5.41) is 9.40. The van der Waals surface area contributed by atoms with Crippen molar-refractivity contribution in [3.63, 3.8) is 0 Å². The number of hydrogen-bond acceptors (Lipinski definition) is 1. The molecule has 0 radical (unpaired) electrons. The molecule has 20 heavy (non-hydrogen) atoms. The van der Waals surface area contributed by atoms with Crippen LogP contribution in [0.15, 0.2) is 42.5 Å². The molecule has 2 nitrogen and oxygen atoms in total. The molecule has 2 aromatic rings. The molecule has 1 N–H and O–H groups in total. The van der Waals surface area contributed by atoms with Crippen molar-refractivity contribution in [3.8, 4) is 0 Å². The summed E-state index contributed by atoms with van der Waals surface area (Å²) in [5.74, 6) is -1.99. The van der Waals surface area contributed by atoms with Crippen LogP contribution in [0.4, 0.5) is 4.39 Å². The first kappa shape index (κ1) is 14.3. The van der Waals surface area contributed by atoms with Gasteiger partial charge in [0.2, 0.25) is 0 Å². The molecule has 1 unspecified atom stereocenters. The van der Waals surface area contributed by atoms with E-state index in [2.05, 4.69) is 0 Å². The van der Waals surface area contributed by atoms with Crippen LogP contribution < -0.4 is 0 Å². The Hall–Kier alpha value is -2.16. The molecule has 104 valence electrons. The van der Waals surface area contributed by atoms with Crippen molar-refractivity contribution >= 4 is 5.97 Å². The third kappa shape index (κ3) is 3.05. The molecule has 0 aliphatic rings. The van der Waals surface area contributed by atoms with Crippen LogP contribution >= 0.6 is 0 Å². The summed E-state index contributed by atoms with van der Waals surface area (Å²) >= 11 is 0. The zero-order valence-electron chi connectivity index (χ0n) is 11.6. The second-order valence-corrected chi connectivity index (χ2v) is 5.05. The molecule has 0 bridgehead atoms. The lowest BCUT2D eigenvalue weighted by molar-refractivity contribution is -0.138. The number of halogens is 1. The Morgan fingerprint density at radius 2 is 1.85 bits per heavy atom. The first-order valence-electron chi connectivity index (χ1n) is 6.52. The quantitative estimate of drug-likeness (QED) is 0.917. The smallest absolute Gasteiger partial charge is 0.311 e. The second kappa shape index (κ2) is 5.87. The highest BCUT2D eigenvalue weighted by Gasteiger charge is 2.22. The zero-order chi connectivity index (χ0) is 14.7. The molecule has 0 saturated carbocycles. The Bertz CT molecular complexity index is 597. The van der Waals surface area contributed by atoms with Crippen LogP contribution in [0.5, 0.6) is 0 Å². The number of benzene rings is 2. The van der Waals surface area contributed by atoms with Crippen molar-refractivity contribution in [1.82, 2.24) is 0 Å². The van der Waals surface area contributed by atoms with E-state index in [0.717, 1.165) is 11.1 Å². The molecule has 3 heteroatoms. The fourth-order valence-electron chi connectivity index (χ4n) is 2.44. The first-order valence-corrected chi connectivity index (χ1v) is 6.52. The second-order valence-electron chi connectivity index (χ2n) is 5.05. The van der Waals surface area contributed by atoms with Gasteiger partial charge in [0.25, 0.3) is 0 Å². The topological polar surface area (TPSA) is 37.3 Å². The van der Waals surface area contributed by atoms with E-state index in [-0.39, 0.29) is 12.2 Å². The summed E-state index contributed by atoms with van der Waals surface area (Å²) in [6, 6.07) is 12.3. The highest BCUT2D eigenvalue weighted by molar-refractivity contribution is 5.76. The summed E-state index contributed by atoms with van der Waals surface area (Å²) in [7, 11) is 0. The average Bonchev–Trinajstić information content (AvgIpc) is 2.38. The Morgan fingerprint density at radius 1 is 1.20 bits per heavy atom. The van der Waals surface area contributed by atoms with E-state index in [1.54, 1.807) is 24.3 Å². The van der Waals surface area contributed by atoms with Crippen molar-refractivity contribution in [1.29, 1.82) is 0 Å². The molecule has 0 aromatic heterocycles. The van der Waals surface area contributed by atoms with Gasteiger partial charge in [0.15, 0.2) is 0 Å². The predicted molar refractivity (Wildman–Crippen MR) is 76.4 cm³/mol. The van der Waals surface area contributed by atoms with Gasteiger partial charge in [-0.05, 0) is 48.6 Å². The van der Waals surface area contributed by atoms with Gasteiger partial charge in [-0.1, -0.05) is 36.4 Å². The summed E-state index contributed by atoms with van der Waals surface area (Å²) in [5.41, 5.74) is 2.81. The van der Waals surface area contributed by atoms with Gasteiger partial charge in [-0.2, -0.15) is 0 Å². The number of aryl methyl sites for hydroxylation is 2. The zero-order valence-corrected chi connectivity index (χ0v) is 11.6. The Labute approximate surface area is 117 Å². The Balaban J connectivity index is 2.38. The minimum atomic E-state index is -0.935. The lowest BCUT2D eigenvalue weighted by Crippen LogP contribution is -2.16. The molecular weight excluding hydrogens is 255 g/mol. The van der Waals surface area contributed by atoms with Gasteiger partial charge in [0.1, 0.15) is 5.82 Å². The van der Waals surface area contributed by atoms with Gasteiger partial charge in [-0.25, -0.2) is 4.39 Å². The molecule has 0 heterocycles.